The number of thioether (sulfide) groups is 1. The van der Waals surface area contributed by atoms with Crippen LogP contribution in [-0.2, 0) is 10.0 Å². The number of anilines is 1. The minimum Gasteiger partial charge on any atom is -0.496 e. The second-order valence-electron chi connectivity index (χ2n) is 6.05. The van der Waals surface area contributed by atoms with E-state index in [0.717, 1.165) is 16.2 Å². The molecule has 0 fully saturated rings. The number of rotatable bonds is 7. The summed E-state index contributed by atoms with van der Waals surface area (Å²) in [5, 5.41) is 0. The first-order valence-electron chi connectivity index (χ1n) is 8.23. The van der Waals surface area contributed by atoms with E-state index in [2.05, 4.69) is 4.72 Å². The molecule has 2 rings (SSSR count). The third-order valence-electron chi connectivity index (χ3n) is 3.87. The molecule has 4 nitrogen and oxygen atoms in total. The van der Waals surface area contributed by atoms with Crippen LogP contribution in [0.3, 0.4) is 0 Å². The molecule has 2 aromatic carbocycles. The Balaban J connectivity index is 2.49. The minimum atomic E-state index is -3.68. The molecule has 0 unspecified atom stereocenters. The molecule has 0 aliphatic heterocycles. The Hall–Kier alpha value is -1.66. The first kappa shape index (κ1) is 19.7. The van der Waals surface area contributed by atoms with Gasteiger partial charge in [-0.15, -0.1) is 11.8 Å². The highest BCUT2D eigenvalue weighted by Crippen LogP contribution is 2.33. The molecule has 0 aliphatic carbocycles. The van der Waals surface area contributed by atoms with Crippen molar-refractivity contribution in [2.45, 2.75) is 43.4 Å². The summed E-state index contributed by atoms with van der Waals surface area (Å²) in [7, 11) is -2.08. The number of sulfonamides is 1. The summed E-state index contributed by atoms with van der Waals surface area (Å²) in [6.45, 7) is 7.86. The largest absolute Gasteiger partial charge is 0.496 e. The summed E-state index contributed by atoms with van der Waals surface area (Å²) < 4.78 is 34.1. The van der Waals surface area contributed by atoms with Gasteiger partial charge in [-0.2, -0.15) is 0 Å². The van der Waals surface area contributed by atoms with Gasteiger partial charge in [0.15, 0.2) is 0 Å². The highest BCUT2D eigenvalue weighted by Gasteiger charge is 2.22. The fraction of sp³-hybridized carbons (Fsp3) is 0.368. The van der Waals surface area contributed by atoms with E-state index in [1.54, 1.807) is 44.0 Å². The predicted octanol–water partition coefficient (Wildman–Crippen LogP) is 5.04. The van der Waals surface area contributed by atoms with Crippen molar-refractivity contribution in [3.63, 3.8) is 0 Å². The van der Waals surface area contributed by atoms with Gasteiger partial charge in [-0.25, -0.2) is 8.42 Å². The van der Waals surface area contributed by atoms with Gasteiger partial charge in [0.2, 0.25) is 0 Å². The van der Waals surface area contributed by atoms with Crippen LogP contribution in [0.15, 0.2) is 46.2 Å². The smallest absolute Gasteiger partial charge is 0.262 e. The van der Waals surface area contributed by atoms with E-state index in [1.807, 2.05) is 39.0 Å². The van der Waals surface area contributed by atoms with E-state index in [0.29, 0.717) is 17.0 Å². The number of hydrogen-bond donors (Lipinski definition) is 1. The maximum atomic E-state index is 13.0. The summed E-state index contributed by atoms with van der Waals surface area (Å²) in [6, 6.07) is 11.0. The zero-order chi connectivity index (χ0) is 18.6. The van der Waals surface area contributed by atoms with Crippen LogP contribution in [0.5, 0.6) is 5.75 Å². The van der Waals surface area contributed by atoms with E-state index < -0.39 is 10.0 Å². The van der Waals surface area contributed by atoms with Gasteiger partial charge < -0.3 is 4.74 Å². The Morgan fingerprint density at radius 3 is 2.48 bits per heavy atom. The molecule has 0 radical (unpaired) electrons. The monoisotopic (exact) mass is 379 g/mol. The maximum Gasteiger partial charge on any atom is 0.262 e. The molecule has 0 bridgehead atoms. The van der Waals surface area contributed by atoms with Crippen molar-refractivity contribution >= 4 is 27.5 Å². The fourth-order valence-electron chi connectivity index (χ4n) is 2.63. The molecule has 0 heterocycles. The van der Waals surface area contributed by atoms with Gasteiger partial charge in [-0.05, 0) is 54.0 Å². The van der Waals surface area contributed by atoms with Crippen LogP contribution in [-0.4, -0.2) is 21.3 Å². The molecular weight excluding hydrogens is 354 g/mol. The molecule has 25 heavy (non-hydrogen) atoms. The second kappa shape index (κ2) is 8.15. The van der Waals surface area contributed by atoms with Gasteiger partial charge in [0.1, 0.15) is 5.75 Å². The summed E-state index contributed by atoms with van der Waals surface area (Å²) in [5.41, 5.74) is 2.15. The van der Waals surface area contributed by atoms with Gasteiger partial charge in [0.05, 0.1) is 17.7 Å². The average molecular weight is 380 g/mol. The van der Waals surface area contributed by atoms with E-state index >= 15 is 0 Å². The number of benzene rings is 2. The third-order valence-corrected chi connectivity index (χ3v) is 6.33. The molecule has 0 atom stereocenters. The number of para-hydroxylation sites is 1. The van der Waals surface area contributed by atoms with Crippen molar-refractivity contribution in [1.82, 2.24) is 0 Å². The molecule has 6 heteroatoms. The van der Waals surface area contributed by atoms with Gasteiger partial charge in [-0.1, -0.05) is 32.9 Å². The van der Waals surface area contributed by atoms with Crippen LogP contribution < -0.4 is 9.46 Å². The summed E-state index contributed by atoms with van der Waals surface area (Å²) in [5.74, 6) is 1.75. The Labute approximate surface area is 155 Å². The molecule has 136 valence electrons. The van der Waals surface area contributed by atoms with Crippen LogP contribution >= 0.6 is 11.8 Å². The lowest BCUT2D eigenvalue weighted by atomic mass is 10.0. The highest BCUT2D eigenvalue weighted by molar-refractivity contribution is 7.99. The Kier molecular flexibility index (Phi) is 6.41. The van der Waals surface area contributed by atoms with E-state index in [4.69, 9.17) is 4.74 Å². The Morgan fingerprint density at radius 1 is 1.20 bits per heavy atom. The quantitative estimate of drug-likeness (QED) is 0.685. The second-order valence-corrected chi connectivity index (χ2v) is 9.01. The summed E-state index contributed by atoms with van der Waals surface area (Å²) in [6.07, 6.45) is 0. The van der Waals surface area contributed by atoms with Gasteiger partial charge in [-0.3, -0.25) is 4.72 Å². The maximum absolute atomic E-state index is 13.0. The number of ether oxygens (including phenoxy) is 1. The third kappa shape index (κ3) is 4.50. The van der Waals surface area contributed by atoms with Crippen LogP contribution in [0.1, 0.15) is 37.8 Å². The molecule has 0 aromatic heterocycles. The molecule has 0 saturated carbocycles. The van der Waals surface area contributed by atoms with Crippen molar-refractivity contribution in [2.75, 3.05) is 17.6 Å². The highest BCUT2D eigenvalue weighted by atomic mass is 32.2. The van der Waals surface area contributed by atoms with Gasteiger partial charge >= 0.3 is 0 Å². The van der Waals surface area contributed by atoms with Crippen molar-refractivity contribution in [3.8, 4) is 5.75 Å². The Bertz CT molecular complexity index is 846. The van der Waals surface area contributed by atoms with Gasteiger partial charge in [0.25, 0.3) is 10.0 Å². The lowest BCUT2D eigenvalue weighted by molar-refractivity contribution is 0.406. The van der Waals surface area contributed by atoms with Crippen molar-refractivity contribution < 1.29 is 13.2 Å². The number of aryl methyl sites for hydroxylation is 1. The van der Waals surface area contributed by atoms with Crippen LogP contribution in [0.2, 0.25) is 0 Å². The van der Waals surface area contributed by atoms with Crippen LogP contribution in [0.25, 0.3) is 0 Å². The van der Waals surface area contributed by atoms with Crippen molar-refractivity contribution in [1.29, 1.82) is 0 Å². The lowest BCUT2D eigenvalue weighted by Gasteiger charge is -2.17. The van der Waals surface area contributed by atoms with E-state index in [1.165, 1.54) is 0 Å². The Morgan fingerprint density at radius 2 is 1.88 bits per heavy atom. The molecule has 2 aromatic rings. The molecule has 0 aliphatic rings. The fourth-order valence-corrected chi connectivity index (χ4v) is 4.79. The summed E-state index contributed by atoms with van der Waals surface area (Å²) in [4.78, 5) is 1.21. The molecule has 1 N–H and O–H groups in total. The first-order valence-corrected chi connectivity index (χ1v) is 10.7. The minimum absolute atomic E-state index is 0.160. The molecule has 0 amide bonds. The molecule has 0 spiro atoms. The van der Waals surface area contributed by atoms with Crippen LogP contribution in [0.4, 0.5) is 5.69 Å². The van der Waals surface area contributed by atoms with E-state index in [9.17, 15) is 8.42 Å². The molecule has 0 saturated heterocycles. The van der Waals surface area contributed by atoms with Gasteiger partial charge in [0, 0.05) is 4.90 Å². The zero-order valence-electron chi connectivity index (χ0n) is 15.3. The number of methoxy groups -OCH3 is 1. The van der Waals surface area contributed by atoms with Crippen molar-refractivity contribution in [3.05, 3.63) is 47.5 Å². The van der Waals surface area contributed by atoms with Crippen molar-refractivity contribution in [2.24, 2.45) is 0 Å². The van der Waals surface area contributed by atoms with E-state index in [-0.39, 0.29) is 10.8 Å². The number of hydrogen-bond acceptors (Lipinski definition) is 4. The van der Waals surface area contributed by atoms with Crippen LogP contribution in [0, 0.1) is 6.92 Å². The first-order chi connectivity index (χ1) is 11.8. The standard InChI is InChI=1S/C19H25NO3S2/c1-6-24-18-10-8-7-9-16(18)20-25(21,22)19-12-15(13(2)3)17(23-5)11-14(19)4/h7-13,20H,6H2,1-5H3. The molecular formula is C19H25NO3S2. The number of nitrogens with one attached hydrogen (secondary N) is 1. The average Bonchev–Trinajstić information content (AvgIpc) is 2.55. The topological polar surface area (TPSA) is 55.4 Å². The normalized spacial score (nSPS) is 11.6. The predicted molar refractivity (Wildman–Crippen MR) is 105 cm³/mol. The summed E-state index contributed by atoms with van der Waals surface area (Å²) >= 11 is 1.61. The SMILES string of the molecule is CCSc1ccccc1NS(=O)(=O)c1cc(C(C)C)c(OC)cc1C. The lowest BCUT2D eigenvalue weighted by Crippen LogP contribution is -2.15. The zero-order valence-corrected chi connectivity index (χ0v) is 16.9.